The van der Waals surface area contributed by atoms with Crippen LogP contribution in [0.2, 0.25) is 0 Å². The van der Waals surface area contributed by atoms with Gasteiger partial charge in [0.2, 0.25) is 0 Å². The van der Waals surface area contributed by atoms with Gasteiger partial charge in [0.15, 0.2) is 0 Å². The van der Waals surface area contributed by atoms with Gasteiger partial charge < -0.3 is 0 Å². The minimum atomic E-state index is 0.953. The van der Waals surface area contributed by atoms with Crippen molar-refractivity contribution in [2.75, 3.05) is 0 Å². The van der Waals surface area contributed by atoms with E-state index in [-0.39, 0.29) is 0 Å². The zero-order chi connectivity index (χ0) is 15.0. The van der Waals surface area contributed by atoms with Crippen molar-refractivity contribution in [3.63, 3.8) is 0 Å². The molecule has 0 saturated carbocycles. The molecule has 0 unspecified atom stereocenters. The molecule has 0 amide bonds. The molecule has 1 aliphatic rings. The molecule has 0 fully saturated rings. The molecular formula is C21H20. The quantitative estimate of drug-likeness (QED) is 0.676. The third kappa shape index (κ3) is 2.50. The lowest BCUT2D eigenvalue weighted by molar-refractivity contribution is 1.20. The summed E-state index contributed by atoms with van der Waals surface area (Å²) in [6, 6.07) is 15.1. The molecule has 2 aromatic rings. The van der Waals surface area contributed by atoms with E-state index in [2.05, 4.69) is 75.5 Å². The van der Waals surface area contributed by atoms with Crippen molar-refractivity contribution < 1.29 is 0 Å². The zero-order valence-corrected chi connectivity index (χ0v) is 12.7. The highest BCUT2D eigenvalue weighted by Crippen LogP contribution is 2.37. The number of fused-ring (bicyclic) bond motifs is 1. The lowest BCUT2D eigenvalue weighted by Gasteiger charge is -2.22. The lowest BCUT2D eigenvalue weighted by Crippen LogP contribution is -2.03. The predicted octanol–water partition coefficient (Wildman–Crippen LogP) is 5.51. The number of hydrogen-bond acceptors (Lipinski definition) is 0. The van der Waals surface area contributed by atoms with Crippen LogP contribution in [0.3, 0.4) is 0 Å². The van der Waals surface area contributed by atoms with E-state index in [1.165, 1.54) is 33.4 Å². The minimum Gasteiger partial charge on any atom is -0.0905 e. The predicted molar refractivity (Wildman–Crippen MR) is 92.2 cm³/mol. The van der Waals surface area contributed by atoms with Gasteiger partial charge in [-0.1, -0.05) is 72.8 Å². The van der Waals surface area contributed by atoms with Crippen LogP contribution in [0.5, 0.6) is 0 Å². The first-order valence-electron chi connectivity index (χ1n) is 7.32. The third-order valence-corrected chi connectivity index (χ3v) is 4.17. The summed E-state index contributed by atoms with van der Waals surface area (Å²) in [6.45, 7) is 12.8. The van der Waals surface area contributed by atoms with Gasteiger partial charge in [-0.3, -0.25) is 0 Å². The number of aryl methyl sites for hydroxylation is 2. The summed E-state index contributed by atoms with van der Waals surface area (Å²) in [7, 11) is 0. The van der Waals surface area contributed by atoms with Crippen molar-refractivity contribution in [2.45, 2.75) is 20.3 Å². The Bertz CT molecular complexity index is 755. The fraction of sp³-hybridized carbons (Fsp3) is 0.143. The number of benzene rings is 2. The fourth-order valence-electron chi connectivity index (χ4n) is 2.85. The van der Waals surface area contributed by atoms with E-state index in [9.17, 15) is 0 Å². The summed E-state index contributed by atoms with van der Waals surface area (Å²) in [6.07, 6.45) is 3.21. The van der Waals surface area contributed by atoms with E-state index in [0.717, 1.165) is 17.6 Å². The molecule has 0 heteroatoms. The van der Waals surface area contributed by atoms with Gasteiger partial charge in [-0.2, -0.15) is 0 Å². The van der Waals surface area contributed by atoms with Gasteiger partial charge in [-0.15, -0.1) is 0 Å². The van der Waals surface area contributed by atoms with E-state index < -0.39 is 0 Å². The van der Waals surface area contributed by atoms with Crippen LogP contribution in [0, 0.1) is 13.8 Å². The van der Waals surface area contributed by atoms with Crippen LogP contribution in [0.4, 0.5) is 0 Å². The molecule has 0 bridgehead atoms. The van der Waals surface area contributed by atoms with Crippen LogP contribution in [0.25, 0.3) is 11.1 Å². The summed E-state index contributed by atoms with van der Waals surface area (Å²) in [5, 5.41) is 0. The molecule has 3 rings (SSSR count). The second-order valence-corrected chi connectivity index (χ2v) is 5.81. The zero-order valence-electron chi connectivity index (χ0n) is 12.7. The van der Waals surface area contributed by atoms with Gasteiger partial charge in [0.25, 0.3) is 0 Å². The Morgan fingerprint density at radius 1 is 0.952 bits per heavy atom. The van der Waals surface area contributed by atoms with E-state index in [4.69, 9.17) is 0 Å². The molecule has 0 N–H and O–H groups in total. The Morgan fingerprint density at radius 3 is 2.33 bits per heavy atom. The second-order valence-electron chi connectivity index (χ2n) is 5.81. The molecular weight excluding hydrogens is 252 g/mol. The standard InChI is InChI=1S/C21H20/c1-14-5-8-18(9-6-14)16(3)20-12-11-19-10-7-15(2)13-21(19)17(20)4/h5-10,12-13H,3-4,11H2,1-2H3. The highest BCUT2D eigenvalue weighted by atomic mass is 14.2. The molecule has 0 saturated heterocycles. The summed E-state index contributed by atoms with van der Waals surface area (Å²) < 4.78 is 0. The third-order valence-electron chi connectivity index (χ3n) is 4.17. The maximum absolute atomic E-state index is 4.31. The first-order valence-corrected chi connectivity index (χ1v) is 7.32. The lowest BCUT2D eigenvalue weighted by atomic mass is 9.82. The van der Waals surface area contributed by atoms with Gasteiger partial charge in [-0.05, 0) is 53.7 Å². The fourth-order valence-corrected chi connectivity index (χ4v) is 2.85. The SMILES string of the molecule is C=C(C1=CCc2ccc(C)cc2C1=C)c1ccc(C)cc1. The van der Waals surface area contributed by atoms with Gasteiger partial charge in [0.1, 0.15) is 0 Å². The number of rotatable bonds is 2. The van der Waals surface area contributed by atoms with Crippen molar-refractivity contribution in [1.82, 2.24) is 0 Å². The molecule has 21 heavy (non-hydrogen) atoms. The maximum Gasteiger partial charge on any atom is -0.00819 e. The average molecular weight is 272 g/mol. The molecule has 0 radical (unpaired) electrons. The Balaban J connectivity index is 1.97. The largest absolute Gasteiger partial charge is 0.0905 e. The molecule has 1 aliphatic carbocycles. The summed E-state index contributed by atoms with van der Waals surface area (Å²) in [4.78, 5) is 0. The highest BCUT2D eigenvalue weighted by molar-refractivity contribution is 5.98. The molecule has 0 heterocycles. The molecule has 0 spiro atoms. The van der Waals surface area contributed by atoms with Crippen molar-refractivity contribution in [1.29, 1.82) is 0 Å². The van der Waals surface area contributed by atoms with Crippen LogP contribution in [-0.2, 0) is 6.42 Å². The van der Waals surface area contributed by atoms with Crippen LogP contribution in [-0.4, -0.2) is 0 Å². The Hall–Kier alpha value is -2.34. The normalized spacial score (nSPS) is 13.6. The van der Waals surface area contributed by atoms with E-state index >= 15 is 0 Å². The van der Waals surface area contributed by atoms with E-state index in [1.807, 2.05) is 0 Å². The Kier molecular flexibility index (Phi) is 3.39. The average Bonchev–Trinajstić information content (AvgIpc) is 2.48. The smallest absolute Gasteiger partial charge is 0.00819 e. The monoisotopic (exact) mass is 272 g/mol. The Labute approximate surface area is 127 Å². The topological polar surface area (TPSA) is 0 Å². The molecule has 0 atom stereocenters. The summed E-state index contributed by atoms with van der Waals surface area (Å²) in [5.41, 5.74) is 9.66. The molecule has 2 aromatic carbocycles. The number of hydrogen-bond donors (Lipinski definition) is 0. The maximum atomic E-state index is 4.31. The molecule has 0 aromatic heterocycles. The van der Waals surface area contributed by atoms with E-state index in [1.54, 1.807) is 0 Å². The van der Waals surface area contributed by atoms with Crippen molar-refractivity contribution in [3.05, 3.63) is 95.1 Å². The van der Waals surface area contributed by atoms with Crippen molar-refractivity contribution in [3.8, 4) is 0 Å². The van der Waals surface area contributed by atoms with Crippen molar-refractivity contribution >= 4 is 11.1 Å². The molecule has 104 valence electrons. The van der Waals surface area contributed by atoms with Gasteiger partial charge in [-0.25, -0.2) is 0 Å². The van der Waals surface area contributed by atoms with Crippen LogP contribution in [0.1, 0.15) is 27.8 Å². The Morgan fingerprint density at radius 2 is 1.62 bits per heavy atom. The van der Waals surface area contributed by atoms with Gasteiger partial charge in [0, 0.05) is 0 Å². The van der Waals surface area contributed by atoms with Crippen molar-refractivity contribution in [2.24, 2.45) is 0 Å². The minimum absolute atomic E-state index is 0.953. The second kappa shape index (κ2) is 5.21. The number of allylic oxidation sites excluding steroid dienone is 4. The summed E-state index contributed by atoms with van der Waals surface area (Å²) >= 11 is 0. The van der Waals surface area contributed by atoms with Crippen LogP contribution >= 0.6 is 0 Å². The first kappa shape index (κ1) is 13.6. The van der Waals surface area contributed by atoms with E-state index in [0.29, 0.717) is 0 Å². The summed E-state index contributed by atoms with van der Waals surface area (Å²) in [5.74, 6) is 0. The van der Waals surface area contributed by atoms with Crippen LogP contribution in [0.15, 0.2) is 67.3 Å². The molecule has 0 aliphatic heterocycles. The highest BCUT2D eigenvalue weighted by Gasteiger charge is 2.18. The van der Waals surface area contributed by atoms with Gasteiger partial charge in [0.05, 0.1) is 0 Å². The van der Waals surface area contributed by atoms with Crippen LogP contribution < -0.4 is 0 Å². The molecule has 0 nitrogen and oxygen atoms in total. The van der Waals surface area contributed by atoms with Gasteiger partial charge >= 0.3 is 0 Å². The first-order chi connectivity index (χ1) is 10.1.